The van der Waals surface area contributed by atoms with Crippen molar-refractivity contribution < 1.29 is 13.2 Å². The normalized spacial score (nSPS) is 11.4. The Kier molecular flexibility index (Phi) is 4.73. The number of ether oxygens (including phenoxy) is 1. The number of hydrogen-bond acceptors (Lipinski definition) is 4. The van der Waals surface area contributed by atoms with Crippen LogP contribution < -0.4 is 9.46 Å². The molecule has 2 aromatic carbocycles. The Morgan fingerprint density at radius 3 is 2.35 bits per heavy atom. The van der Waals surface area contributed by atoms with Gasteiger partial charge in [-0.25, -0.2) is 13.1 Å². The molecule has 136 valence electrons. The number of methoxy groups -OCH3 is 1. The van der Waals surface area contributed by atoms with E-state index in [-0.39, 0.29) is 4.90 Å². The van der Waals surface area contributed by atoms with Crippen LogP contribution in [0.3, 0.4) is 0 Å². The van der Waals surface area contributed by atoms with Crippen LogP contribution in [-0.2, 0) is 10.0 Å². The number of hydrogen-bond donors (Lipinski definition) is 1. The molecule has 0 amide bonds. The van der Waals surface area contributed by atoms with Gasteiger partial charge < -0.3 is 4.74 Å². The summed E-state index contributed by atoms with van der Waals surface area (Å²) in [6.07, 6.45) is 0. The predicted molar refractivity (Wildman–Crippen MR) is 102 cm³/mol. The molecule has 7 heteroatoms. The van der Waals surface area contributed by atoms with Gasteiger partial charge in [-0.2, -0.15) is 5.10 Å². The first-order valence-corrected chi connectivity index (χ1v) is 9.61. The molecular formula is C19H21N3O3S. The number of nitrogens with one attached hydrogen (secondary N) is 1. The summed E-state index contributed by atoms with van der Waals surface area (Å²) in [6.45, 7) is 5.28. The summed E-state index contributed by atoms with van der Waals surface area (Å²) >= 11 is 0. The molecule has 1 aromatic heterocycles. The SMILES string of the molecule is COc1ccc(NS(=O)(=O)c2c(C)nn(-c3ccccc3)c2C)c(C)c1. The number of nitrogens with zero attached hydrogens (tertiary/aromatic N) is 2. The minimum absolute atomic E-state index is 0.191. The Hall–Kier alpha value is -2.80. The van der Waals surface area contributed by atoms with Crippen LogP contribution in [0.2, 0.25) is 0 Å². The molecular weight excluding hydrogens is 350 g/mol. The molecule has 0 saturated heterocycles. The minimum Gasteiger partial charge on any atom is -0.497 e. The van der Waals surface area contributed by atoms with Crippen LogP contribution in [0.1, 0.15) is 17.0 Å². The largest absolute Gasteiger partial charge is 0.497 e. The lowest BCUT2D eigenvalue weighted by atomic mass is 10.2. The molecule has 0 saturated carbocycles. The zero-order valence-electron chi connectivity index (χ0n) is 15.1. The number of aryl methyl sites for hydroxylation is 2. The first-order valence-electron chi connectivity index (χ1n) is 8.12. The monoisotopic (exact) mass is 371 g/mol. The maximum Gasteiger partial charge on any atom is 0.265 e. The van der Waals surface area contributed by atoms with Gasteiger partial charge in [0.15, 0.2) is 0 Å². The van der Waals surface area contributed by atoms with Gasteiger partial charge >= 0.3 is 0 Å². The summed E-state index contributed by atoms with van der Waals surface area (Å²) in [5, 5.41) is 4.42. The standard InChI is InChI=1S/C19H21N3O3S/c1-13-12-17(25-4)10-11-18(13)21-26(23,24)19-14(2)20-22(15(19)3)16-8-6-5-7-9-16/h5-12,21H,1-4H3. The number of sulfonamides is 1. The molecule has 1 N–H and O–H groups in total. The maximum atomic E-state index is 13.0. The molecule has 0 fully saturated rings. The van der Waals surface area contributed by atoms with E-state index in [1.165, 1.54) is 0 Å². The zero-order valence-corrected chi connectivity index (χ0v) is 16.0. The fourth-order valence-electron chi connectivity index (χ4n) is 2.91. The fourth-order valence-corrected chi connectivity index (χ4v) is 4.44. The number of rotatable bonds is 5. The highest BCUT2D eigenvalue weighted by Crippen LogP contribution is 2.27. The predicted octanol–water partition coefficient (Wildman–Crippen LogP) is 3.61. The van der Waals surface area contributed by atoms with Crippen molar-refractivity contribution in [2.45, 2.75) is 25.7 Å². The highest BCUT2D eigenvalue weighted by molar-refractivity contribution is 7.92. The third kappa shape index (κ3) is 3.30. The van der Waals surface area contributed by atoms with Gasteiger partial charge in [-0.15, -0.1) is 0 Å². The third-order valence-corrected chi connectivity index (χ3v) is 5.79. The average Bonchev–Trinajstić information content (AvgIpc) is 2.92. The van der Waals surface area contributed by atoms with E-state index in [9.17, 15) is 8.42 Å². The van der Waals surface area contributed by atoms with Crippen molar-refractivity contribution in [1.29, 1.82) is 0 Å². The average molecular weight is 371 g/mol. The molecule has 0 bridgehead atoms. The lowest BCUT2D eigenvalue weighted by Crippen LogP contribution is -2.15. The first-order chi connectivity index (χ1) is 12.3. The van der Waals surface area contributed by atoms with Crippen LogP contribution in [0.5, 0.6) is 5.75 Å². The van der Waals surface area contributed by atoms with Crippen molar-refractivity contribution in [2.24, 2.45) is 0 Å². The van der Waals surface area contributed by atoms with Crippen molar-refractivity contribution in [3.05, 3.63) is 65.5 Å². The summed E-state index contributed by atoms with van der Waals surface area (Å²) in [6, 6.07) is 14.6. The molecule has 0 atom stereocenters. The Morgan fingerprint density at radius 2 is 1.73 bits per heavy atom. The second-order valence-electron chi connectivity index (χ2n) is 6.03. The quantitative estimate of drug-likeness (QED) is 0.744. The molecule has 0 aliphatic rings. The van der Waals surface area contributed by atoms with Gasteiger partial charge in [-0.05, 0) is 56.7 Å². The van der Waals surface area contributed by atoms with Gasteiger partial charge in [0.25, 0.3) is 10.0 Å². The van der Waals surface area contributed by atoms with E-state index in [1.807, 2.05) is 37.3 Å². The Balaban J connectivity index is 2.02. The van der Waals surface area contributed by atoms with Gasteiger partial charge in [-0.1, -0.05) is 18.2 Å². The second kappa shape index (κ2) is 6.84. The first kappa shape index (κ1) is 18.0. The fraction of sp³-hybridized carbons (Fsp3) is 0.211. The lowest BCUT2D eigenvalue weighted by Gasteiger charge is -2.12. The molecule has 3 rings (SSSR count). The summed E-state index contributed by atoms with van der Waals surface area (Å²) < 4.78 is 35.5. The topological polar surface area (TPSA) is 73.2 Å². The van der Waals surface area contributed by atoms with Gasteiger partial charge in [0.05, 0.1) is 29.9 Å². The summed E-state index contributed by atoms with van der Waals surface area (Å²) in [4.78, 5) is 0.191. The van der Waals surface area contributed by atoms with Gasteiger partial charge in [0.2, 0.25) is 0 Å². The Bertz CT molecular complexity index is 1040. The second-order valence-corrected chi connectivity index (χ2v) is 7.65. The van der Waals surface area contributed by atoms with Crippen LogP contribution in [0.15, 0.2) is 53.4 Å². The van der Waals surface area contributed by atoms with Crippen LogP contribution in [0.25, 0.3) is 5.69 Å². The molecule has 6 nitrogen and oxygen atoms in total. The van der Waals surface area contributed by atoms with Gasteiger partial charge in [0, 0.05) is 0 Å². The highest BCUT2D eigenvalue weighted by Gasteiger charge is 2.25. The highest BCUT2D eigenvalue weighted by atomic mass is 32.2. The molecule has 0 aliphatic heterocycles. The third-order valence-electron chi connectivity index (χ3n) is 4.17. The van der Waals surface area contributed by atoms with E-state index < -0.39 is 10.0 Å². The molecule has 1 heterocycles. The summed E-state index contributed by atoms with van der Waals surface area (Å²) in [7, 11) is -2.21. The van der Waals surface area contributed by atoms with Crippen molar-refractivity contribution in [1.82, 2.24) is 9.78 Å². The van der Waals surface area contributed by atoms with Crippen molar-refractivity contribution in [3.8, 4) is 11.4 Å². The molecule has 3 aromatic rings. The van der Waals surface area contributed by atoms with Gasteiger partial charge in [0.1, 0.15) is 10.6 Å². The van der Waals surface area contributed by atoms with E-state index in [0.29, 0.717) is 22.8 Å². The molecule has 0 spiro atoms. The summed E-state index contributed by atoms with van der Waals surface area (Å²) in [5.41, 5.74) is 3.11. The van der Waals surface area contributed by atoms with Crippen LogP contribution >= 0.6 is 0 Å². The van der Waals surface area contributed by atoms with E-state index in [1.54, 1.807) is 43.8 Å². The van der Waals surface area contributed by atoms with Crippen molar-refractivity contribution in [2.75, 3.05) is 11.8 Å². The molecule has 0 radical (unpaired) electrons. The zero-order chi connectivity index (χ0) is 18.9. The molecule has 0 aliphatic carbocycles. The van der Waals surface area contributed by atoms with E-state index in [0.717, 1.165) is 11.3 Å². The number of benzene rings is 2. The molecule has 26 heavy (non-hydrogen) atoms. The number of anilines is 1. The van der Waals surface area contributed by atoms with Crippen LogP contribution in [-0.4, -0.2) is 25.3 Å². The number of aromatic nitrogens is 2. The smallest absolute Gasteiger partial charge is 0.265 e. The number of para-hydroxylation sites is 1. The van der Waals surface area contributed by atoms with Crippen molar-refractivity contribution >= 4 is 15.7 Å². The van der Waals surface area contributed by atoms with E-state index in [4.69, 9.17) is 4.74 Å². The van der Waals surface area contributed by atoms with E-state index in [2.05, 4.69) is 9.82 Å². The van der Waals surface area contributed by atoms with Crippen molar-refractivity contribution in [3.63, 3.8) is 0 Å². The lowest BCUT2D eigenvalue weighted by molar-refractivity contribution is 0.414. The minimum atomic E-state index is -3.78. The van der Waals surface area contributed by atoms with Crippen LogP contribution in [0, 0.1) is 20.8 Å². The molecule has 0 unspecified atom stereocenters. The maximum absolute atomic E-state index is 13.0. The van der Waals surface area contributed by atoms with E-state index >= 15 is 0 Å². The summed E-state index contributed by atoms with van der Waals surface area (Å²) in [5.74, 6) is 0.676. The van der Waals surface area contributed by atoms with Gasteiger partial charge in [-0.3, -0.25) is 4.72 Å². The Labute approximate surface area is 153 Å². The Morgan fingerprint density at radius 1 is 1.04 bits per heavy atom. The van der Waals surface area contributed by atoms with Crippen LogP contribution in [0.4, 0.5) is 5.69 Å².